The number of nitrogens with one attached hydrogen (secondary N) is 1. The first-order valence-corrected chi connectivity index (χ1v) is 8.52. The lowest BCUT2D eigenvalue weighted by atomic mass is 10.1. The SMILES string of the molecule is CC1C(=O)Nc2ccccc2CN1C(=O)C1CCCCS1. The number of amides is 2. The summed E-state index contributed by atoms with van der Waals surface area (Å²) < 4.78 is 0. The number of thioether (sulfide) groups is 1. The molecular weight excluding hydrogens is 284 g/mol. The van der Waals surface area contributed by atoms with Gasteiger partial charge < -0.3 is 10.2 Å². The molecule has 0 spiro atoms. The topological polar surface area (TPSA) is 49.4 Å². The highest BCUT2D eigenvalue weighted by atomic mass is 32.2. The monoisotopic (exact) mass is 304 g/mol. The maximum absolute atomic E-state index is 12.8. The van der Waals surface area contributed by atoms with Crippen LogP contribution in [-0.2, 0) is 16.1 Å². The summed E-state index contributed by atoms with van der Waals surface area (Å²) in [6.45, 7) is 2.32. The predicted octanol–water partition coefficient (Wildman–Crippen LogP) is 2.64. The van der Waals surface area contributed by atoms with Gasteiger partial charge >= 0.3 is 0 Å². The van der Waals surface area contributed by atoms with E-state index < -0.39 is 6.04 Å². The van der Waals surface area contributed by atoms with Crippen LogP contribution in [0, 0.1) is 0 Å². The van der Waals surface area contributed by atoms with Crippen molar-refractivity contribution in [3.05, 3.63) is 29.8 Å². The van der Waals surface area contributed by atoms with E-state index in [2.05, 4.69) is 5.32 Å². The lowest BCUT2D eigenvalue weighted by Gasteiger charge is -2.31. The summed E-state index contributed by atoms with van der Waals surface area (Å²) in [5.41, 5.74) is 1.82. The number of para-hydroxylation sites is 1. The van der Waals surface area contributed by atoms with Crippen LogP contribution < -0.4 is 5.32 Å². The van der Waals surface area contributed by atoms with Gasteiger partial charge in [0.15, 0.2) is 0 Å². The molecule has 2 unspecified atom stereocenters. The average molecular weight is 304 g/mol. The number of carbonyl (C=O) groups excluding carboxylic acids is 2. The molecule has 2 aliphatic rings. The molecule has 0 aliphatic carbocycles. The summed E-state index contributed by atoms with van der Waals surface area (Å²) in [6, 6.07) is 7.29. The van der Waals surface area contributed by atoms with Gasteiger partial charge in [-0.05, 0) is 37.1 Å². The van der Waals surface area contributed by atoms with Crippen LogP contribution in [0.15, 0.2) is 24.3 Å². The second-order valence-electron chi connectivity index (χ2n) is 5.64. The van der Waals surface area contributed by atoms with Gasteiger partial charge in [0.25, 0.3) is 0 Å². The maximum atomic E-state index is 12.8. The third-order valence-corrected chi connectivity index (χ3v) is 5.57. The van der Waals surface area contributed by atoms with Crippen LogP contribution in [0.2, 0.25) is 0 Å². The molecule has 5 heteroatoms. The minimum Gasteiger partial charge on any atom is -0.326 e. The van der Waals surface area contributed by atoms with Gasteiger partial charge in [-0.25, -0.2) is 0 Å². The molecule has 112 valence electrons. The van der Waals surface area contributed by atoms with Crippen LogP contribution in [0.25, 0.3) is 0 Å². The van der Waals surface area contributed by atoms with Crippen molar-refractivity contribution in [2.24, 2.45) is 0 Å². The smallest absolute Gasteiger partial charge is 0.246 e. The normalized spacial score (nSPS) is 25.8. The zero-order valence-corrected chi connectivity index (χ0v) is 13.0. The van der Waals surface area contributed by atoms with Crippen molar-refractivity contribution < 1.29 is 9.59 Å². The molecule has 1 aromatic carbocycles. The fourth-order valence-electron chi connectivity index (χ4n) is 2.87. The largest absolute Gasteiger partial charge is 0.326 e. The summed E-state index contributed by atoms with van der Waals surface area (Å²) in [7, 11) is 0. The summed E-state index contributed by atoms with van der Waals surface area (Å²) in [6.07, 6.45) is 3.22. The molecule has 2 heterocycles. The first kappa shape index (κ1) is 14.4. The molecule has 0 bridgehead atoms. The van der Waals surface area contributed by atoms with Crippen LogP contribution in [0.1, 0.15) is 31.7 Å². The zero-order valence-electron chi connectivity index (χ0n) is 12.2. The molecule has 3 rings (SSSR count). The quantitative estimate of drug-likeness (QED) is 0.868. The molecule has 2 amide bonds. The minimum atomic E-state index is -0.424. The molecule has 1 N–H and O–H groups in total. The number of nitrogens with zero attached hydrogens (tertiary/aromatic N) is 1. The number of carbonyl (C=O) groups is 2. The van der Waals surface area contributed by atoms with Gasteiger partial charge in [-0.2, -0.15) is 0 Å². The third-order valence-electron chi connectivity index (χ3n) is 4.20. The van der Waals surface area contributed by atoms with Crippen molar-refractivity contribution in [2.75, 3.05) is 11.1 Å². The van der Waals surface area contributed by atoms with Crippen LogP contribution >= 0.6 is 11.8 Å². The Morgan fingerprint density at radius 1 is 1.33 bits per heavy atom. The molecule has 1 fully saturated rings. The Kier molecular flexibility index (Phi) is 4.19. The van der Waals surface area contributed by atoms with Crippen molar-refractivity contribution >= 4 is 29.3 Å². The van der Waals surface area contributed by atoms with Crippen LogP contribution in [0.5, 0.6) is 0 Å². The predicted molar refractivity (Wildman–Crippen MR) is 85.2 cm³/mol. The Morgan fingerprint density at radius 3 is 2.90 bits per heavy atom. The minimum absolute atomic E-state index is 0.0132. The molecule has 21 heavy (non-hydrogen) atoms. The number of benzene rings is 1. The summed E-state index contributed by atoms with van der Waals surface area (Å²) in [5, 5.41) is 2.93. The second kappa shape index (κ2) is 6.10. The van der Waals surface area contributed by atoms with Crippen LogP contribution in [0.3, 0.4) is 0 Å². The van der Waals surface area contributed by atoms with E-state index in [-0.39, 0.29) is 17.1 Å². The lowest BCUT2D eigenvalue weighted by Crippen LogP contribution is -2.47. The third kappa shape index (κ3) is 2.93. The molecule has 4 nitrogen and oxygen atoms in total. The zero-order chi connectivity index (χ0) is 14.8. The van der Waals surface area contributed by atoms with Crippen molar-refractivity contribution in [1.82, 2.24) is 4.90 Å². The first-order chi connectivity index (χ1) is 10.2. The Labute approximate surface area is 129 Å². The summed E-state index contributed by atoms with van der Waals surface area (Å²) in [4.78, 5) is 26.8. The Morgan fingerprint density at radius 2 is 2.14 bits per heavy atom. The van der Waals surface area contributed by atoms with Gasteiger partial charge in [0.1, 0.15) is 6.04 Å². The molecule has 2 atom stereocenters. The molecule has 2 aliphatic heterocycles. The van der Waals surface area contributed by atoms with E-state index in [9.17, 15) is 9.59 Å². The summed E-state index contributed by atoms with van der Waals surface area (Å²) in [5.74, 6) is 1.05. The Bertz CT molecular complexity index is 555. The second-order valence-corrected chi connectivity index (χ2v) is 6.95. The van der Waals surface area contributed by atoms with Gasteiger partial charge in [0.2, 0.25) is 11.8 Å². The number of hydrogen-bond acceptors (Lipinski definition) is 3. The maximum Gasteiger partial charge on any atom is 0.246 e. The van der Waals surface area contributed by atoms with Gasteiger partial charge in [-0.15, -0.1) is 11.8 Å². The van der Waals surface area contributed by atoms with E-state index in [1.54, 1.807) is 16.7 Å². The number of rotatable bonds is 1. The highest BCUT2D eigenvalue weighted by Gasteiger charge is 2.34. The molecule has 1 saturated heterocycles. The number of fused-ring (bicyclic) bond motifs is 1. The number of anilines is 1. The Hall–Kier alpha value is -1.49. The Balaban J connectivity index is 1.86. The van der Waals surface area contributed by atoms with Gasteiger partial charge in [-0.1, -0.05) is 24.6 Å². The molecule has 0 saturated carbocycles. The van der Waals surface area contributed by atoms with Crippen LogP contribution in [-0.4, -0.2) is 33.8 Å². The van der Waals surface area contributed by atoms with Crippen molar-refractivity contribution in [2.45, 2.75) is 44.0 Å². The van der Waals surface area contributed by atoms with Crippen molar-refractivity contribution in [3.8, 4) is 0 Å². The van der Waals surface area contributed by atoms with Gasteiger partial charge in [0, 0.05) is 12.2 Å². The fraction of sp³-hybridized carbons (Fsp3) is 0.500. The molecular formula is C16H20N2O2S. The standard InChI is InChI=1S/C16H20N2O2S/c1-11-15(19)17-13-7-3-2-6-12(13)10-18(11)16(20)14-8-4-5-9-21-14/h2-3,6-7,11,14H,4-5,8-10H2,1H3,(H,17,19). The van der Waals surface area contributed by atoms with E-state index in [0.29, 0.717) is 6.54 Å². The first-order valence-electron chi connectivity index (χ1n) is 7.47. The van der Waals surface area contributed by atoms with E-state index >= 15 is 0 Å². The van der Waals surface area contributed by atoms with E-state index in [1.807, 2.05) is 31.2 Å². The van der Waals surface area contributed by atoms with E-state index in [1.165, 1.54) is 6.42 Å². The van der Waals surface area contributed by atoms with Crippen molar-refractivity contribution in [3.63, 3.8) is 0 Å². The summed E-state index contributed by atoms with van der Waals surface area (Å²) >= 11 is 1.73. The average Bonchev–Trinajstić information content (AvgIpc) is 2.65. The molecule has 0 radical (unpaired) electrons. The highest BCUT2D eigenvalue weighted by Crippen LogP contribution is 2.30. The van der Waals surface area contributed by atoms with Gasteiger partial charge in [0.05, 0.1) is 5.25 Å². The van der Waals surface area contributed by atoms with Crippen LogP contribution in [0.4, 0.5) is 5.69 Å². The fourth-order valence-corrected chi connectivity index (χ4v) is 4.14. The van der Waals surface area contributed by atoms with E-state index in [4.69, 9.17) is 0 Å². The molecule has 1 aromatic rings. The molecule has 0 aromatic heterocycles. The lowest BCUT2D eigenvalue weighted by molar-refractivity contribution is -0.138. The van der Waals surface area contributed by atoms with E-state index in [0.717, 1.165) is 29.8 Å². The van der Waals surface area contributed by atoms with Crippen molar-refractivity contribution in [1.29, 1.82) is 0 Å². The number of hydrogen-bond donors (Lipinski definition) is 1. The highest BCUT2D eigenvalue weighted by molar-refractivity contribution is 8.00. The van der Waals surface area contributed by atoms with Gasteiger partial charge in [-0.3, -0.25) is 9.59 Å².